The normalized spacial score (nSPS) is 15.3. The number of nitrogens with one attached hydrogen (secondary N) is 2. The zero-order chi connectivity index (χ0) is 20.5. The molecule has 0 saturated carbocycles. The summed E-state index contributed by atoms with van der Waals surface area (Å²) < 4.78 is 8.18. The fourth-order valence-electron chi connectivity index (χ4n) is 3.37. The number of hydrogen-bond acceptors (Lipinski definition) is 4. The van der Waals surface area contributed by atoms with Crippen LogP contribution >= 0.6 is 11.6 Å². The van der Waals surface area contributed by atoms with Gasteiger partial charge in [0.2, 0.25) is 0 Å². The Labute approximate surface area is 177 Å². The van der Waals surface area contributed by atoms with Gasteiger partial charge >= 0.3 is 0 Å². The Bertz CT molecular complexity index is 789. The monoisotopic (exact) mass is 418 g/mol. The fraction of sp³-hybridized carbons (Fsp3) is 0.571. The Hall–Kier alpha value is -2.28. The number of rotatable bonds is 8. The van der Waals surface area contributed by atoms with E-state index in [-0.39, 0.29) is 6.10 Å². The molecule has 0 amide bonds. The predicted molar refractivity (Wildman–Crippen MR) is 117 cm³/mol. The van der Waals surface area contributed by atoms with Crippen molar-refractivity contribution in [3.05, 3.63) is 40.9 Å². The molecule has 0 saturated heterocycles. The topological polar surface area (TPSA) is 76.4 Å². The second kappa shape index (κ2) is 11.0. The van der Waals surface area contributed by atoms with Crippen molar-refractivity contribution in [2.75, 3.05) is 19.6 Å². The van der Waals surface area contributed by atoms with Gasteiger partial charge in [-0.05, 0) is 51.0 Å². The first kappa shape index (κ1) is 21.4. The lowest BCUT2D eigenvalue weighted by molar-refractivity contribution is 0.230. The minimum atomic E-state index is -0.0427. The third-order valence-corrected chi connectivity index (χ3v) is 5.08. The van der Waals surface area contributed by atoms with Gasteiger partial charge in [0.1, 0.15) is 23.5 Å². The van der Waals surface area contributed by atoms with Crippen LogP contribution in [0.4, 0.5) is 0 Å². The first-order chi connectivity index (χ1) is 14.2. The minimum Gasteiger partial charge on any atom is -0.489 e. The molecule has 0 bridgehead atoms. The maximum atomic E-state index is 5.91. The van der Waals surface area contributed by atoms with E-state index in [9.17, 15) is 0 Å². The highest BCUT2D eigenvalue weighted by Crippen LogP contribution is 2.17. The number of guanidine groups is 1. The largest absolute Gasteiger partial charge is 0.489 e. The summed E-state index contributed by atoms with van der Waals surface area (Å²) in [6.45, 7) is 7.22. The Kier molecular flexibility index (Phi) is 8.16. The van der Waals surface area contributed by atoms with Crippen LogP contribution in [0.5, 0.6) is 5.75 Å². The van der Waals surface area contributed by atoms with Crippen molar-refractivity contribution in [1.29, 1.82) is 0 Å². The van der Waals surface area contributed by atoms with E-state index in [0.29, 0.717) is 11.6 Å². The van der Waals surface area contributed by atoms with E-state index in [1.54, 1.807) is 0 Å². The highest BCUT2D eigenvalue weighted by Gasteiger charge is 2.14. The van der Waals surface area contributed by atoms with Gasteiger partial charge in [0.25, 0.3) is 0 Å². The number of benzene rings is 1. The van der Waals surface area contributed by atoms with Crippen molar-refractivity contribution >= 4 is 17.6 Å². The van der Waals surface area contributed by atoms with Gasteiger partial charge in [-0.2, -0.15) is 0 Å². The molecule has 0 spiro atoms. The summed E-state index contributed by atoms with van der Waals surface area (Å²) in [6.07, 6.45) is 5.52. The highest BCUT2D eigenvalue weighted by molar-refractivity contribution is 6.30. The summed E-state index contributed by atoms with van der Waals surface area (Å²) in [4.78, 5) is 4.65. The van der Waals surface area contributed by atoms with Crippen molar-refractivity contribution in [2.24, 2.45) is 4.99 Å². The van der Waals surface area contributed by atoms with Crippen LogP contribution < -0.4 is 15.4 Å². The summed E-state index contributed by atoms with van der Waals surface area (Å²) in [5.41, 5.74) is 0. The quantitative estimate of drug-likeness (QED) is 0.508. The van der Waals surface area contributed by atoms with Crippen LogP contribution in [0.1, 0.15) is 44.8 Å². The molecule has 1 atom stereocenters. The third kappa shape index (κ3) is 6.63. The van der Waals surface area contributed by atoms with Gasteiger partial charge in [0, 0.05) is 37.5 Å². The third-order valence-electron chi connectivity index (χ3n) is 4.83. The first-order valence-electron chi connectivity index (χ1n) is 10.5. The average Bonchev–Trinajstić information content (AvgIpc) is 2.94. The van der Waals surface area contributed by atoms with Crippen LogP contribution in [0.15, 0.2) is 29.3 Å². The predicted octanol–water partition coefficient (Wildman–Crippen LogP) is 3.22. The van der Waals surface area contributed by atoms with Crippen LogP contribution in [-0.2, 0) is 19.4 Å². The summed E-state index contributed by atoms with van der Waals surface area (Å²) in [5, 5.41) is 16.1. The standard InChI is InChI=1S/C21H31ClN6O/c1-3-23-21(25-15-16(2)29-18-10-8-17(22)9-11-18)24-13-12-20-27-26-19-7-5-4-6-14-28(19)20/h8-11,16H,3-7,12-15H2,1-2H3,(H2,23,24,25). The second-order valence-electron chi connectivity index (χ2n) is 7.27. The van der Waals surface area contributed by atoms with Crippen LogP contribution in [0, 0.1) is 0 Å². The van der Waals surface area contributed by atoms with E-state index in [1.807, 2.05) is 31.2 Å². The zero-order valence-corrected chi connectivity index (χ0v) is 18.1. The summed E-state index contributed by atoms with van der Waals surface area (Å²) in [7, 11) is 0. The molecule has 2 N–H and O–H groups in total. The van der Waals surface area contributed by atoms with Gasteiger partial charge < -0.3 is 19.9 Å². The van der Waals surface area contributed by atoms with Gasteiger partial charge in [-0.1, -0.05) is 18.0 Å². The average molecular weight is 419 g/mol. The number of fused-ring (bicyclic) bond motifs is 1. The van der Waals surface area contributed by atoms with Crippen molar-refractivity contribution in [3.8, 4) is 5.75 Å². The number of hydrogen-bond donors (Lipinski definition) is 2. The summed E-state index contributed by atoms with van der Waals surface area (Å²) >= 11 is 5.91. The van der Waals surface area contributed by atoms with E-state index < -0.39 is 0 Å². The number of ether oxygens (including phenoxy) is 1. The molecule has 158 valence electrons. The maximum absolute atomic E-state index is 5.91. The van der Waals surface area contributed by atoms with E-state index >= 15 is 0 Å². The molecule has 1 aromatic carbocycles. The molecule has 1 aromatic heterocycles. The highest BCUT2D eigenvalue weighted by atomic mass is 35.5. The Balaban J connectivity index is 1.49. The van der Waals surface area contributed by atoms with E-state index in [2.05, 4.69) is 37.3 Å². The molecule has 2 aromatic rings. The minimum absolute atomic E-state index is 0.0427. The maximum Gasteiger partial charge on any atom is 0.191 e. The van der Waals surface area contributed by atoms with E-state index in [0.717, 1.165) is 55.8 Å². The number of nitrogens with zero attached hydrogens (tertiary/aromatic N) is 4. The summed E-state index contributed by atoms with van der Waals surface area (Å²) in [6, 6.07) is 7.38. The van der Waals surface area contributed by atoms with Crippen molar-refractivity contribution in [2.45, 2.75) is 58.6 Å². The number of aliphatic imine (C=N–C) groups is 1. The zero-order valence-electron chi connectivity index (χ0n) is 17.3. The summed E-state index contributed by atoms with van der Waals surface area (Å²) in [5.74, 6) is 3.77. The van der Waals surface area contributed by atoms with Crippen LogP contribution in [-0.4, -0.2) is 46.5 Å². The van der Waals surface area contributed by atoms with Crippen molar-refractivity contribution in [3.63, 3.8) is 0 Å². The fourth-order valence-corrected chi connectivity index (χ4v) is 3.49. The molecule has 0 radical (unpaired) electrons. The Morgan fingerprint density at radius 2 is 2.03 bits per heavy atom. The smallest absolute Gasteiger partial charge is 0.191 e. The molecule has 2 heterocycles. The molecule has 29 heavy (non-hydrogen) atoms. The van der Waals surface area contributed by atoms with E-state index in [1.165, 1.54) is 19.3 Å². The molecule has 0 fully saturated rings. The molecule has 0 aliphatic carbocycles. The number of halogens is 1. The second-order valence-corrected chi connectivity index (χ2v) is 7.71. The molecule has 8 heteroatoms. The van der Waals surface area contributed by atoms with Gasteiger partial charge in [-0.25, -0.2) is 4.99 Å². The lowest BCUT2D eigenvalue weighted by atomic mass is 10.2. The SMILES string of the molecule is CCNC(=NCC(C)Oc1ccc(Cl)cc1)NCCc1nnc2n1CCCCC2. The number of aromatic nitrogens is 3. The van der Waals surface area contributed by atoms with Crippen LogP contribution in [0.2, 0.25) is 5.02 Å². The first-order valence-corrected chi connectivity index (χ1v) is 10.9. The van der Waals surface area contributed by atoms with Gasteiger partial charge in [0.05, 0.1) is 6.54 Å². The number of aryl methyl sites for hydroxylation is 1. The van der Waals surface area contributed by atoms with Gasteiger partial charge in [-0.15, -0.1) is 10.2 Å². The molecular weight excluding hydrogens is 388 g/mol. The van der Waals surface area contributed by atoms with Gasteiger partial charge in [0.15, 0.2) is 5.96 Å². The van der Waals surface area contributed by atoms with Crippen LogP contribution in [0.3, 0.4) is 0 Å². The molecule has 1 aliphatic rings. The lowest BCUT2D eigenvalue weighted by Gasteiger charge is -2.15. The molecular formula is C21H31ClN6O. The van der Waals surface area contributed by atoms with E-state index in [4.69, 9.17) is 16.3 Å². The van der Waals surface area contributed by atoms with Crippen molar-refractivity contribution < 1.29 is 4.74 Å². The van der Waals surface area contributed by atoms with Gasteiger partial charge in [-0.3, -0.25) is 0 Å². The Morgan fingerprint density at radius 1 is 1.21 bits per heavy atom. The molecule has 7 nitrogen and oxygen atoms in total. The lowest BCUT2D eigenvalue weighted by Crippen LogP contribution is -2.39. The molecule has 1 unspecified atom stereocenters. The van der Waals surface area contributed by atoms with Crippen molar-refractivity contribution in [1.82, 2.24) is 25.4 Å². The molecule has 3 rings (SSSR count). The van der Waals surface area contributed by atoms with Crippen LogP contribution in [0.25, 0.3) is 0 Å². The Morgan fingerprint density at radius 3 is 2.83 bits per heavy atom. The molecule has 1 aliphatic heterocycles.